The fourth-order valence-electron chi connectivity index (χ4n) is 3.34. The van der Waals surface area contributed by atoms with Gasteiger partial charge in [0.25, 0.3) is 5.91 Å². The quantitative estimate of drug-likeness (QED) is 0.521. The zero-order chi connectivity index (χ0) is 22.1. The molecule has 5 N–H and O–H groups in total. The van der Waals surface area contributed by atoms with E-state index in [-0.39, 0.29) is 27.5 Å². The molecule has 1 aromatic carbocycles. The van der Waals surface area contributed by atoms with Gasteiger partial charge >= 0.3 is 0 Å². The highest BCUT2D eigenvalue weighted by Gasteiger charge is 2.29. The van der Waals surface area contributed by atoms with E-state index in [4.69, 9.17) is 17.3 Å². The van der Waals surface area contributed by atoms with Crippen LogP contribution in [0.4, 0.5) is 17.3 Å². The van der Waals surface area contributed by atoms with Crippen LogP contribution < -0.4 is 16.4 Å². The Morgan fingerprint density at radius 1 is 1.33 bits per heavy atom. The standard InChI is InChI=1S/C19H24ClN5O4S/c1-19(27)7-5-11(6-8-19)23-15-10-22-16(17(21)26)18(25-15)24-12-3-4-14(13(20)9-12)30(2,28)29/h3-4,9-11,27H,5-8H2,1-2H3,(H2,21,26)(H2,23,24,25)/t11-,19-. The number of nitrogens with two attached hydrogens (primary N) is 1. The molecule has 1 aromatic heterocycles. The number of benzene rings is 1. The zero-order valence-electron chi connectivity index (χ0n) is 16.6. The van der Waals surface area contributed by atoms with E-state index < -0.39 is 21.3 Å². The number of halogens is 1. The van der Waals surface area contributed by atoms with Crippen molar-refractivity contribution in [3.05, 3.63) is 35.1 Å². The summed E-state index contributed by atoms with van der Waals surface area (Å²) in [5.74, 6) is -0.185. The number of amides is 1. The minimum absolute atomic E-state index is 0.000440. The van der Waals surface area contributed by atoms with Crippen LogP contribution in [0, 0.1) is 0 Å². The predicted octanol–water partition coefficient (Wildman–Crippen LogP) is 2.48. The molecule has 2 aromatic rings. The average Bonchev–Trinajstić information content (AvgIpc) is 2.62. The van der Waals surface area contributed by atoms with Crippen molar-refractivity contribution in [1.82, 2.24) is 9.97 Å². The van der Waals surface area contributed by atoms with Crippen LogP contribution in [-0.4, -0.2) is 47.3 Å². The zero-order valence-corrected chi connectivity index (χ0v) is 18.2. The van der Waals surface area contributed by atoms with Gasteiger partial charge in [-0.2, -0.15) is 0 Å². The van der Waals surface area contributed by atoms with E-state index in [0.717, 1.165) is 19.1 Å². The van der Waals surface area contributed by atoms with Crippen molar-refractivity contribution in [3.63, 3.8) is 0 Å². The molecule has 0 radical (unpaired) electrons. The second-order valence-electron chi connectivity index (χ2n) is 7.77. The van der Waals surface area contributed by atoms with E-state index in [0.29, 0.717) is 24.3 Å². The van der Waals surface area contributed by atoms with Gasteiger partial charge in [0.2, 0.25) is 0 Å². The molecule has 0 bridgehead atoms. The molecule has 0 atom stereocenters. The monoisotopic (exact) mass is 453 g/mol. The van der Waals surface area contributed by atoms with Crippen molar-refractivity contribution in [2.45, 2.75) is 49.1 Å². The van der Waals surface area contributed by atoms with Crippen molar-refractivity contribution in [2.75, 3.05) is 16.9 Å². The number of aliphatic hydroxyl groups is 1. The molecule has 0 spiro atoms. The van der Waals surface area contributed by atoms with Crippen molar-refractivity contribution < 1.29 is 18.3 Å². The smallest absolute Gasteiger partial charge is 0.271 e. The van der Waals surface area contributed by atoms with Gasteiger partial charge in [-0.25, -0.2) is 18.4 Å². The lowest BCUT2D eigenvalue weighted by Gasteiger charge is -2.33. The number of hydrogen-bond acceptors (Lipinski definition) is 8. The van der Waals surface area contributed by atoms with Crippen LogP contribution in [0.1, 0.15) is 43.1 Å². The van der Waals surface area contributed by atoms with Crippen LogP contribution >= 0.6 is 11.6 Å². The summed E-state index contributed by atoms with van der Waals surface area (Å²) in [4.78, 5) is 20.3. The lowest BCUT2D eigenvalue weighted by Crippen LogP contribution is -2.36. The molecule has 162 valence electrons. The van der Waals surface area contributed by atoms with Crippen LogP contribution in [0.15, 0.2) is 29.3 Å². The SMILES string of the molecule is CS(=O)(=O)c1ccc(Nc2nc(N[C@H]3CC[C@](C)(O)CC3)cnc2C(N)=O)cc1Cl. The number of carbonyl (C=O) groups excluding carboxylic acids is 1. The fourth-order valence-corrected chi connectivity index (χ4v) is 4.66. The number of rotatable bonds is 6. The number of aromatic nitrogens is 2. The summed E-state index contributed by atoms with van der Waals surface area (Å²) >= 11 is 6.09. The highest BCUT2D eigenvalue weighted by atomic mass is 35.5. The second kappa shape index (κ2) is 8.37. The van der Waals surface area contributed by atoms with Gasteiger partial charge in [-0.15, -0.1) is 0 Å². The first-order valence-corrected chi connectivity index (χ1v) is 11.6. The molecule has 1 heterocycles. The summed E-state index contributed by atoms with van der Waals surface area (Å²) in [5, 5.41) is 16.3. The van der Waals surface area contributed by atoms with Gasteiger partial charge in [0.05, 0.1) is 21.7 Å². The Kier molecular flexibility index (Phi) is 6.21. The van der Waals surface area contributed by atoms with Gasteiger partial charge in [0.1, 0.15) is 5.82 Å². The molecule has 1 amide bonds. The summed E-state index contributed by atoms with van der Waals surface area (Å²) in [6, 6.07) is 4.43. The van der Waals surface area contributed by atoms with E-state index in [2.05, 4.69) is 20.6 Å². The normalized spacial score (nSPS) is 21.8. The molecule has 1 aliphatic rings. The lowest BCUT2D eigenvalue weighted by atomic mass is 9.84. The molecule has 0 unspecified atom stereocenters. The molecule has 1 fully saturated rings. The maximum atomic E-state index is 11.8. The number of primary amides is 1. The van der Waals surface area contributed by atoms with Crippen LogP contribution in [0.2, 0.25) is 5.02 Å². The average molecular weight is 454 g/mol. The van der Waals surface area contributed by atoms with Crippen LogP contribution in [0.3, 0.4) is 0 Å². The van der Waals surface area contributed by atoms with Crippen molar-refractivity contribution in [2.24, 2.45) is 5.73 Å². The van der Waals surface area contributed by atoms with E-state index in [1.165, 1.54) is 24.4 Å². The van der Waals surface area contributed by atoms with E-state index in [1.54, 1.807) is 0 Å². The number of sulfone groups is 1. The molecule has 3 rings (SSSR count). The first-order valence-electron chi connectivity index (χ1n) is 9.37. The molecule has 1 aliphatic carbocycles. The lowest BCUT2D eigenvalue weighted by molar-refractivity contribution is 0.0196. The Labute approximate surface area is 180 Å². The molecular weight excluding hydrogens is 430 g/mol. The Hall–Kier alpha value is -2.43. The largest absolute Gasteiger partial charge is 0.390 e. The summed E-state index contributed by atoms with van der Waals surface area (Å²) in [6.45, 7) is 1.83. The Balaban J connectivity index is 1.83. The van der Waals surface area contributed by atoms with Crippen LogP contribution in [0.5, 0.6) is 0 Å². The Bertz CT molecular complexity index is 1060. The highest BCUT2D eigenvalue weighted by molar-refractivity contribution is 7.90. The minimum atomic E-state index is -3.47. The Morgan fingerprint density at radius 3 is 2.57 bits per heavy atom. The third kappa shape index (κ3) is 5.38. The number of anilines is 3. The number of carbonyl (C=O) groups is 1. The van der Waals surface area contributed by atoms with E-state index in [9.17, 15) is 18.3 Å². The number of nitrogens with zero attached hydrogens (tertiary/aromatic N) is 2. The van der Waals surface area contributed by atoms with Gasteiger partial charge in [-0.3, -0.25) is 4.79 Å². The third-order valence-corrected chi connectivity index (χ3v) is 6.59. The second-order valence-corrected chi connectivity index (χ2v) is 10.2. The molecule has 0 aliphatic heterocycles. The molecule has 11 heteroatoms. The fraction of sp³-hybridized carbons (Fsp3) is 0.421. The minimum Gasteiger partial charge on any atom is -0.390 e. The molecule has 30 heavy (non-hydrogen) atoms. The van der Waals surface area contributed by atoms with E-state index >= 15 is 0 Å². The van der Waals surface area contributed by atoms with Crippen LogP contribution in [-0.2, 0) is 9.84 Å². The van der Waals surface area contributed by atoms with Gasteiger partial charge < -0.3 is 21.5 Å². The molecule has 0 saturated heterocycles. The number of hydrogen-bond donors (Lipinski definition) is 4. The Morgan fingerprint density at radius 2 is 2.00 bits per heavy atom. The maximum Gasteiger partial charge on any atom is 0.271 e. The molecular formula is C19H24ClN5O4S. The van der Waals surface area contributed by atoms with Crippen molar-refractivity contribution in [1.29, 1.82) is 0 Å². The third-order valence-electron chi connectivity index (χ3n) is 5.01. The van der Waals surface area contributed by atoms with Gasteiger partial charge in [0, 0.05) is 18.0 Å². The van der Waals surface area contributed by atoms with Gasteiger partial charge in [-0.1, -0.05) is 11.6 Å². The topological polar surface area (TPSA) is 147 Å². The summed E-state index contributed by atoms with van der Waals surface area (Å²) in [7, 11) is -3.47. The van der Waals surface area contributed by atoms with Crippen molar-refractivity contribution >= 4 is 44.7 Å². The predicted molar refractivity (Wildman–Crippen MR) is 115 cm³/mol. The van der Waals surface area contributed by atoms with Crippen LogP contribution in [0.25, 0.3) is 0 Å². The first kappa shape index (κ1) is 22.3. The number of nitrogens with one attached hydrogen (secondary N) is 2. The molecule has 9 nitrogen and oxygen atoms in total. The van der Waals surface area contributed by atoms with Crippen molar-refractivity contribution in [3.8, 4) is 0 Å². The summed E-state index contributed by atoms with van der Waals surface area (Å²) < 4.78 is 23.5. The highest BCUT2D eigenvalue weighted by Crippen LogP contribution is 2.30. The maximum absolute atomic E-state index is 11.8. The first-order chi connectivity index (χ1) is 13.9. The van der Waals surface area contributed by atoms with Gasteiger partial charge in [0.15, 0.2) is 21.3 Å². The molecule has 1 saturated carbocycles. The summed E-state index contributed by atoms with van der Waals surface area (Å²) in [5.41, 5.74) is 5.13. The van der Waals surface area contributed by atoms with Gasteiger partial charge in [-0.05, 0) is 50.8 Å². The summed E-state index contributed by atoms with van der Waals surface area (Å²) in [6.07, 6.45) is 5.40. The van der Waals surface area contributed by atoms with E-state index in [1.807, 2.05) is 6.92 Å².